The van der Waals surface area contributed by atoms with Gasteiger partial charge in [0.05, 0.1) is 12.2 Å². The zero-order chi connectivity index (χ0) is 13.0. The number of hydrogen-bond acceptors (Lipinski definition) is 2. The Hall–Kier alpha value is -0.570. The van der Waals surface area contributed by atoms with E-state index in [2.05, 4.69) is 17.1 Å². The third-order valence-electron chi connectivity index (χ3n) is 6.62. The van der Waals surface area contributed by atoms with Crippen LogP contribution in [0.4, 0.5) is 0 Å². The number of nitrogens with one attached hydrogen (secondary N) is 1. The van der Waals surface area contributed by atoms with E-state index in [1.807, 2.05) is 0 Å². The Labute approximate surface area is 116 Å². The van der Waals surface area contributed by atoms with Crippen LogP contribution in [0.2, 0.25) is 0 Å². The summed E-state index contributed by atoms with van der Waals surface area (Å²) in [6.45, 7) is 3.10. The molecule has 1 saturated heterocycles. The van der Waals surface area contributed by atoms with Crippen molar-refractivity contribution in [3.05, 3.63) is 0 Å². The summed E-state index contributed by atoms with van der Waals surface area (Å²) in [6, 6.07) is 0.454. The van der Waals surface area contributed by atoms with E-state index in [0.717, 1.165) is 37.3 Å². The number of hydrogen-bond donors (Lipinski definition) is 1. The molecule has 106 valence electrons. The fourth-order valence-electron chi connectivity index (χ4n) is 5.47. The number of rotatable bonds is 2. The summed E-state index contributed by atoms with van der Waals surface area (Å²) in [4.78, 5) is 15.0. The first-order chi connectivity index (χ1) is 9.20. The van der Waals surface area contributed by atoms with Crippen molar-refractivity contribution in [1.82, 2.24) is 10.2 Å². The van der Waals surface area contributed by atoms with Crippen molar-refractivity contribution in [1.29, 1.82) is 0 Å². The molecule has 1 heterocycles. The van der Waals surface area contributed by atoms with E-state index in [0.29, 0.717) is 11.9 Å². The lowest BCUT2D eigenvalue weighted by atomic mass is 9.83. The van der Waals surface area contributed by atoms with Crippen LogP contribution in [-0.2, 0) is 4.79 Å². The van der Waals surface area contributed by atoms with E-state index in [-0.39, 0.29) is 5.54 Å². The number of carbonyl (C=O) groups excluding carboxylic acids is 1. The Morgan fingerprint density at radius 2 is 2.05 bits per heavy atom. The van der Waals surface area contributed by atoms with E-state index in [4.69, 9.17) is 0 Å². The molecule has 0 aromatic rings. The number of nitrogens with zero attached hydrogens (tertiary/aromatic N) is 1. The molecule has 4 aliphatic rings. The average Bonchev–Trinajstić information content (AvgIpc) is 3.18. The van der Waals surface area contributed by atoms with Gasteiger partial charge in [-0.15, -0.1) is 0 Å². The van der Waals surface area contributed by atoms with Gasteiger partial charge in [-0.25, -0.2) is 0 Å². The normalized spacial score (nSPS) is 41.6. The Morgan fingerprint density at radius 1 is 1.26 bits per heavy atom. The SMILES string of the molecule is CC(C1CC2CCC1C2)N1CNC2(CCCC2)C1=O. The molecular formula is C16H26N2O. The highest BCUT2D eigenvalue weighted by Gasteiger charge is 2.52. The summed E-state index contributed by atoms with van der Waals surface area (Å²) >= 11 is 0. The van der Waals surface area contributed by atoms with Crippen molar-refractivity contribution in [2.24, 2.45) is 17.8 Å². The lowest BCUT2D eigenvalue weighted by Gasteiger charge is -2.34. The summed E-state index contributed by atoms with van der Waals surface area (Å²) in [5.74, 6) is 3.08. The van der Waals surface area contributed by atoms with Crippen molar-refractivity contribution < 1.29 is 4.79 Å². The molecule has 2 bridgehead atoms. The third kappa shape index (κ3) is 1.70. The molecule has 3 saturated carbocycles. The highest BCUT2D eigenvalue weighted by Crippen LogP contribution is 2.51. The maximum atomic E-state index is 12.8. The first kappa shape index (κ1) is 12.2. The molecule has 4 atom stereocenters. The largest absolute Gasteiger partial charge is 0.325 e. The molecule has 0 radical (unpaired) electrons. The molecule has 4 fully saturated rings. The van der Waals surface area contributed by atoms with Crippen LogP contribution in [0, 0.1) is 17.8 Å². The van der Waals surface area contributed by atoms with E-state index in [1.54, 1.807) is 0 Å². The Bertz CT molecular complexity index is 388. The van der Waals surface area contributed by atoms with E-state index < -0.39 is 0 Å². The molecule has 1 N–H and O–H groups in total. The molecule has 19 heavy (non-hydrogen) atoms. The Morgan fingerprint density at radius 3 is 2.68 bits per heavy atom. The minimum absolute atomic E-state index is 0.161. The quantitative estimate of drug-likeness (QED) is 0.829. The number of fused-ring (bicyclic) bond motifs is 2. The summed E-state index contributed by atoms with van der Waals surface area (Å²) in [7, 11) is 0. The molecule has 1 aliphatic heterocycles. The van der Waals surface area contributed by atoms with Gasteiger partial charge in [0.2, 0.25) is 5.91 Å². The monoisotopic (exact) mass is 262 g/mol. The van der Waals surface area contributed by atoms with Gasteiger partial charge in [0.1, 0.15) is 0 Å². The second kappa shape index (κ2) is 4.21. The maximum absolute atomic E-state index is 12.8. The second-order valence-corrected chi connectivity index (χ2v) is 7.48. The van der Waals surface area contributed by atoms with Gasteiger partial charge >= 0.3 is 0 Å². The van der Waals surface area contributed by atoms with Crippen molar-refractivity contribution in [3.63, 3.8) is 0 Å². The lowest BCUT2D eigenvalue weighted by molar-refractivity contribution is -0.135. The molecule has 3 aliphatic carbocycles. The highest BCUT2D eigenvalue weighted by molar-refractivity contribution is 5.89. The van der Waals surface area contributed by atoms with Crippen molar-refractivity contribution in [3.8, 4) is 0 Å². The molecule has 1 spiro atoms. The van der Waals surface area contributed by atoms with Crippen LogP contribution in [0.15, 0.2) is 0 Å². The van der Waals surface area contributed by atoms with E-state index in [9.17, 15) is 4.79 Å². The molecule has 3 nitrogen and oxygen atoms in total. The highest BCUT2D eigenvalue weighted by atomic mass is 16.2. The van der Waals surface area contributed by atoms with Gasteiger partial charge in [0.25, 0.3) is 0 Å². The maximum Gasteiger partial charge on any atom is 0.244 e. The zero-order valence-electron chi connectivity index (χ0n) is 12.0. The minimum Gasteiger partial charge on any atom is -0.325 e. The van der Waals surface area contributed by atoms with Crippen molar-refractivity contribution in [2.75, 3.05) is 6.67 Å². The average molecular weight is 262 g/mol. The fourth-order valence-corrected chi connectivity index (χ4v) is 5.47. The van der Waals surface area contributed by atoms with Gasteiger partial charge in [0.15, 0.2) is 0 Å². The van der Waals surface area contributed by atoms with Gasteiger partial charge in [-0.3, -0.25) is 10.1 Å². The van der Waals surface area contributed by atoms with Crippen LogP contribution in [0.3, 0.4) is 0 Å². The molecule has 0 aromatic carbocycles. The van der Waals surface area contributed by atoms with E-state index >= 15 is 0 Å². The molecule has 3 heteroatoms. The summed E-state index contributed by atoms with van der Waals surface area (Å²) in [6.07, 6.45) is 10.2. The first-order valence-electron chi connectivity index (χ1n) is 8.26. The Balaban J connectivity index is 1.49. The molecule has 1 amide bonds. The van der Waals surface area contributed by atoms with Crippen LogP contribution in [0.5, 0.6) is 0 Å². The van der Waals surface area contributed by atoms with Gasteiger partial charge in [-0.2, -0.15) is 0 Å². The topological polar surface area (TPSA) is 32.3 Å². The van der Waals surface area contributed by atoms with Gasteiger partial charge in [-0.1, -0.05) is 19.3 Å². The molecule has 0 aromatic heterocycles. The molecule has 4 unspecified atom stereocenters. The lowest BCUT2D eigenvalue weighted by Crippen LogP contribution is -2.47. The van der Waals surface area contributed by atoms with Gasteiger partial charge in [0, 0.05) is 6.04 Å². The third-order valence-corrected chi connectivity index (χ3v) is 6.62. The first-order valence-corrected chi connectivity index (χ1v) is 8.26. The predicted molar refractivity (Wildman–Crippen MR) is 74.4 cm³/mol. The minimum atomic E-state index is -0.161. The zero-order valence-corrected chi connectivity index (χ0v) is 12.0. The van der Waals surface area contributed by atoms with Crippen molar-refractivity contribution in [2.45, 2.75) is 69.9 Å². The van der Waals surface area contributed by atoms with Crippen LogP contribution in [0.1, 0.15) is 58.3 Å². The standard InChI is InChI=1S/C16H26N2O/c1-11(14-9-12-4-5-13(14)8-12)18-10-17-16(15(18)19)6-2-3-7-16/h11-14,17H,2-10H2,1H3. The smallest absolute Gasteiger partial charge is 0.244 e. The second-order valence-electron chi connectivity index (χ2n) is 7.48. The van der Waals surface area contributed by atoms with E-state index in [1.165, 1.54) is 38.5 Å². The van der Waals surface area contributed by atoms with Gasteiger partial charge < -0.3 is 4.90 Å². The number of carbonyl (C=O) groups is 1. The van der Waals surface area contributed by atoms with Crippen LogP contribution >= 0.6 is 0 Å². The van der Waals surface area contributed by atoms with Gasteiger partial charge in [-0.05, 0) is 56.8 Å². The summed E-state index contributed by atoms with van der Waals surface area (Å²) in [5.41, 5.74) is -0.161. The predicted octanol–water partition coefficient (Wildman–Crippen LogP) is 2.51. The molecule has 4 rings (SSSR count). The summed E-state index contributed by atoms with van der Waals surface area (Å²) < 4.78 is 0. The summed E-state index contributed by atoms with van der Waals surface area (Å²) in [5, 5.41) is 3.56. The fraction of sp³-hybridized carbons (Fsp3) is 0.938. The number of amides is 1. The molecular weight excluding hydrogens is 236 g/mol. The van der Waals surface area contributed by atoms with Crippen LogP contribution in [0.25, 0.3) is 0 Å². The Kier molecular flexibility index (Phi) is 2.70. The van der Waals surface area contributed by atoms with Crippen molar-refractivity contribution >= 4 is 5.91 Å². The van der Waals surface area contributed by atoms with Crippen LogP contribution < -0.4 is 5.32 Å². The van der Waals surface area contributed by atoms with Crippen LogP contribution in [-0.4, -0.2) is 29.1 Å².